The number of carbonyl (C=O) groups is 3. The lowest BCUT2D eigenvalue weighted by atomic mass is 9.87. The predicted octanol–water partition coefficient (Wildman–Crippen LogP) is 4.71. The van der Waals surface area contributed by atoms with Gasteiger partial charge in [-0.1, -0.05) is 45.0 Å². The summed E-state index contributed by atoms with van der Waals surface area (Å²) in [7, 11) is 0. The molecule has 0 aliphatic carbocycles. The van der Waals surface area contributed by atoms with Gasteiger partial charge in [-0.15, -0.1) is 0 Å². The Morgan fingerprint density at radius 2 is 1.29 bits per heavy atom. The second kappa shape index (κ2) is 10.7. The lowest BCUT2D eigenvalue weighted by Crippen LogP contribution is -2.41. The molecule has 0 aliphatic heterocycles. The summed E-state index contributed by atoms with van der Waals surface area (Å²) in [4.78, 5) is 37.4. The molecule has 3 rings (SSSR count). The van der Waals surface area contributed by atoms with Crippen LogP contribution in [0.25, 0.3) is 0 Å². The third kappa shape index (κ3) is 6.22. The monoisotopic (exact) mass is 459 g/mol. The topological polar surface area (TPSA) is 96.5 Å². The van der Waals surface area contributed by atoms with E-state index in [0.29, 0.717) is 34.7 Å². The van der Waals surface area contributed by atoms with Crippen LogP contribution < -0.4 is 20.9 Å². The standard InChI is InChI=1S/C27H29N3O4/c1-5-34-23-9-7-6-8-22(23)26(33)30-29-25(32)19-12-16-21(17-13-19)28-24(31)18-10-14-20(15-11-18)27(2,3)4/h6-17H,5H2,1-4H3,(H,28,31)(H,29,32)(H,30,33). The molecule has 0 unspecified atom stereocenters. The molecule has 0 bridgehead atoms. The fourth-order valence-electron chi connectivity index (χ4n) is 3.22. The first-order valence-corrected chi connectivity index (χ1v) is 11.0. The van der Waals surface area contributed by atoms with E-state index in [1.165, 1.54) is 0 Å². The molecular formula is C27H29N3O4. The number of anilines is 1. The zero-order valence-corrected chi connectivity index (χ0v) is 19.8. The van der Waals surface area contributed by atoms with Gasteiger partial charge in [0, 0.05) is 16.8 Å². The first kappa shape index (κ1) is 24.5. The number of hydrogen-bond acceptors (Lipinski definition) is 4. The van der Waals surface area contributed by atoms with E-state index in [1.54, 1.807) is 60.7 Å². The minimum absolute atomic E-state index is 0.0115. The highest BCUT2D eigenvalue weighted by Crippen LogP contribution is 2.22. The van der Waals surface area contributed by atoms with Gasteiger partial charge in [0.15, 0.2) is 0 Å². The number of para-hydroxylation sites is 1. The molecule has 0 fully saturated rings. The normalized spacial score (nSPS) is 10.8. The molecule has 0 atom stereocenters. The molecule has 3 N–H and O–H groups in total. The van der Waals surface area contributed by atoms with Crippen molar-refractivity contribution in [1.29, 1.82) is 0 Å². The van der Waals surface area contributed by atoms with Crippen LogP contribution in [0, 0.1) is 0 Å². The number of benzene rings is 3. The zero-order chi connectivity index (χ0) is 24.7. The Morgan fingerprint density at radius 3 is 1.91 bits per heavy atom. The Kier molecular flexibility index (Phi) is 7.68. The van der Waals surface area contributed by atoms with Crippen molar-refractivity contribution in [3.05, 3.63) is 95.1 Å². The Labute approximate surface area is 199 Å². The first-order valence-electron chi connectivity index (χ1n) is 11.0. The van der Waals surface area contributed by atoms with E-state index in [9.17, 15) is 14.4 Å². The fourth-order valence-corrected chi connectivity index (χ4v) is 3.22. The molecule has 0 saturated heterocycles. The molecule has 0 heterocycles. The lowest BCUT2D eigenvalue weighted by molar-refractivity contribution is 0.0844. The Bertz CT molecular complexity index is 1160. The van der Waals surface area contributed by atoms with Crippen LogP contribution in [0.2, 0.25) is 0 Å². The summed E-state index contributed by atoms with van der Waals surface area (Å²) in [5, 5.41) is 2.82. The number of carbonyl (C=O) groups excluding carboxylic acids is 3. The summed E-state index contributed by atoms with van der Waals surface area (Å²) in [5.74, 6) is -0.778. The SMILES string of the molecule is CCOc1ccccc1C(=O)NNC(=O)c1ccc(NC(=O)c2ccc(C(C)(C)C)cc2)cc1. The van der Waals surface area contributed by atoms with Gasteiger partial charge < -0.3 is 10.1 Å². The van der Waals surface area contributed by atoms with E-state index < -0.39 is 11.8 Å². The highest BCUT2D eigenvalue weighted by atomic mass is 16.5. The van der Waals surface area contributed by atoms with Crippen molar-refractivity contribution in [2.75, 3.05) is 11.9 Å². The first-order chi connectivity index (χ1) is 16.2. The summed E-state index contributed by atoms with van der Waals surface area (Å²) in [5.41, 5.74) is 7.68. The molecule has 7 heteroatoms. The van der Waals surface area contributed by atoms with E-state index in [4.69, 9.17) is 4.74 Å². The van der Waals surface area contributed by atoms with Crippen molar-refractivity contribution < 1.29 is 19.1 Å². The van der Waals surface area contributed by atoms with E-state index in [0.717, 1.165) is 5.56 Å². The van der Waals surface area contributed by atoms with Crippen molar-refractivity contribution >= 4 is 23.4 Å². The quantitative estimate of drug-likeness (QED) is 0.465. The molecule has 0 radical (unpaired) electrons. The van der Waals surface area contributed by atoms with Crippen LogP contribution >= 0.6 is 0 Å². The molecule has 3 aromatic rings. The van der Waals surface area contributed by atoms with Crippen LogP contribution in [0.1, 0.15) is 64.3 Å². The number of hydrogen-bond donors (Lipinski definition) is 3. The minimum Gasteiger partial charge on any atom is -0.493 e. The average Bonchev–Trinajstić information content (AvgIpc) is 2.83. The maximum atomic E-state index is 12.5. The highest BCUT2D eigenvalue weighted by molar-refractivity contribution is 6.05. The van der Waals surface area contributed by atoms with Crippen LogP contribution in [0.5, 0.6) is 5.75 Å². The molecule has 0 spiro atoms. The van der Waals surface area contributed by atoms with Crippen LogP contribution in [0.4, 0.5) is 5.69 Å². The van der Waals surface area contributed by atoms with E-state index >= 15 is 0 Å². The molecule has 0 aromatic heterocycles. The van der Waals surface area contributed by atoms with Gasteiger partial charge >= 0.3 is 0 Å². The van der Waals surface area contributed by atoms with Gasteiger partial charge in [-0.05, 0) is 66.4 Å². The summed E-state index contributed by atoms with van der Waals surface area (Å²) in [6, 6.07) is 20.6. The van der Waals surface area contributed by atoms with Gasteiger partial charge in [0.2, 0.25) is 0 Å². The Hall–Kier alpha value is -4.13. The minimum atomic E-state index is -0.488. The zero-order valence-electron chi connectivity index (χ0n) is 19.8. The van der Waals surface area contributed by atoms with Crippen LogP contribution in [-0.2, 0) is 5.41 Å². The van der Waals surface area contributed by atoms with Gasteiger partial charge in [-0.25, -0.2) is 0 Å². The van der Waals surface area contributed by atoms with Crippen LogP contribution in [0.3, 0.4) is 0 Å². The van der Waals surface area contributed by atoms with Crippen molar-refractivity contribution in [2.24, 2.45) is 0 Å². The third-order valence-electron chi connectivity index (χ3n) is 5.14. The van der Waals surface area contributed by atoms with E-state index in [-0.39, 0.29) is 11.3 Å². The largest absolute Gasteiger partial charge is 0.493 e. The van der Waals surface area contributed by atoms with Crippen LogP contribution in [0.15, 0.2) is 72.8 Å². The second-order valence-electron chi connectivity index (χ2n) is 8.70. The fraction of sp³-hybridized carbons (Fsp3) is 0.222. The van der Waals surface area contributed by atoms with E-state index in [2.05, 4.69) is 36.9 Å². The predicted molar refractivity (Wildman–Crippen MR) is 132 cm³/mol. The average molecular weight is 460 g/mol. The smallest absolute Gasteiger partial charge is 0.273 e. The summed E-state index contributed by atoms with van der Waals surface area (Å²) < 4.78 is 5.44. The molecular weight excluding hydrogens is 430 g/mol. The molecule has 34 heavy (non-hydrogen) atoms. The Morgan fingerprint density at radius 1 is 0.735 bits per heavy atom. The molecule has 176 valence electrons. The molecule has 3 aromatic carbocycles. The lowest BCUT2D eigenvalue weighted by Gasteiger charge is -2.19. The molecule has 0 saturated carbocycles. The molecule has 3 amide bonds. The summed E-state index contributed by atoms with van der Waals surface area (Å²) >= 11 is 0. The third-order valence-corrected chi connectivity index (χ3v) is 5.14. The number of nitrogens with one attached hydrogen (secondary N) is 3. The summed E-state index contributed by atoms with van der Waals surface area (Å²) in [6.07, 6.45) is 0. The summed E-state index contributed by atoms with van der Waals surface area (Å²) in [6.45, 7) is 8.59. The van der Waals surface area contributed by atoms with Gasteiger partial charge in [-0.2, -0.15) is 0 Å². The second-order valence-corrected chi connectivity index (χ2v) is 8.70. The maximum absolute atomic E-state index is 12.5. The van der Waals surface area contributed by atoms with Crippen molar-refractivity contribution in [2.45, 2.75) is 33.1 Å². The molecule has 0 aliphatic rings. The van der Waals surface area contributed by atoms with Crippen molar-refractivity contribution in [3.8, 4) is 5.75 Å². The maximum Gasteiger partial charge on any atom is 0.273 e. The van der Waals surface area contributed by atoms with Crippen molar-refractivity contribution in [3.63, 3.8) is 0 Å². The number of rotatable bonds is 6. The number of amides is 3. The van der Waals surface area contributed by atoms with Gasteiger partial charge in [-0.3, -0.25) is 25.2 Å². The van der Waals surface area contributed by atoms with Crippen molar-refractivity contribution in [1.82, 2.24) is 10.9 Å². The van der Waals surface area contributed by atoms with Gasteiger partial charge in [0.05, 0.1) is 12.2 Å². The Balaban J connectivity index is 1.57. The number of hydrazine groups is 1. The highest BCUT2D eigenvalue weighted by Gasteiger charge is 2.15. The van der Waals surface area contributed by atoms with Gasteiger partial charge in [0.25, 0.3) is 17.7 Å². The van der Waals surface area contributed by atoms with Crippen LogP contribution in [-0.4, -0.2) is 24.3 Å². The van der Waals surface area contributed by atoms with E-state index in [1.807, 2.05) is 19.1 Å². The van der Waals surface area contributed by atoms with Gasteiger partial charge in [0.1, 0.15) is 5.75 Å². The molecule has 7 nitrogen and oxygen atoms in total. The number of ether oxygens (including phenoxy) is 1.